The predicted octanol–water partition coefficient (Wildman–Crippen LogP) is 4.72. The molecule has 2 amide bonds. The number of nitro benzene ring substituents is 1. The topological polar surface area (TPSA) is 136 Å². The molecule has 0 aliphatic carbocycles. The van der Waals surface area contributed by atoms with Crippen LogP contribution in [0.3, 0.4) is 0 Å². The minimum Gasteiger partial charge on any atom is -0.379 e. The molecule has 0 N–H and O–H groups in total. The zero-order valence-corrected chi connectivity index (χ0v) is 22.9. The van der Waals surface area contributed by atoms with Gasteiger partial charge in [-0.05, 0) is 55.0 Å². The van der Waals surface area contributed by atoms with Gasteiger partial charge in [-0.3, -0.25) is 24.5 Å². The van der Waals surface area contributed by atoms with Crippen molar-refractivity contribution in [3.63, 3.8) is 0 Å². The molecular weight excluding hydrogens is 562 g/mol. The minimum absolute atomic E-state index is 0.00998. The third-order valence-electron chi connectivity index (χ3n) is 7.16. The third-order valence-corrected chi connectivity index (χ3v) is 8.42. The number of hydrogen-bond donors (Lipinski definition) is 0. The molecule has 0 aromatic heterocycles. The zero-order chi connectivity index (χ0) is 29.6. The van der Waals surface area contributed by atoms with E-state index in [4.69, 9.17) is 9.02 Å². The van der Waals surface area contributed by atoms with Gasteiger partial charge in [0.15, 0.2) is 6.10 Å². The van der Waals surface area contributed by atoms with Gasteiger partial charge in [-0.25, -0.2) is 9.96 Å². The molecule has 2 fully saturated rings. The van der Waals surface area contributed by atoms with Crippen LogP contribution in [0, 0.1) is 23.0 Å². The summed E-state index contributed by atoms with van der Waals surface area (Å²) in [5.74, 6) is -1.99. The van der Waals surface area contributed by atoms with Gasteiger partial charge >= 0.3 is 10.1 Å². The first kappa shape index (κ1) is 27.1. The van der Waals surface area contributed by atoms with Crippen molar-refractivity contribution in [3.05, 3.63) is 124 Å². The number of anilines is 2. The van der Waals surface area contributed by atoms with Crippen LogP contribution in [0.4, 0.5) is 17.1 Å². The van der Waals surface area contributed by atoms with Gasteiger partial charge in [0.25, 0.3) is 11.6 Å². The molecule has 42 heavy (non-hydrogen) atoms. The van der Waals surface area contributed by atoms with Crippen molar-refractivity contribution in [2.45, 2.75) is 24.0 Å². The lowest BCUT2D eigenvalue weighted by atomic mass is 9.90. The molecule has 2 aliphatic rings. The molecule has 0 saturated carbocycles. The van der Waals surface area contributed by atoms with Crippen LogP contribution in [0.2, 0.25) is 0 Å². The molecule has 0 unspecified atom stereocenters. The van der Waals surface area contributed by atoms with Crippen molar-refractivity contribution in [1.82, 2.24) is 0 Å². The van der Waals surface area contributed by atoms with Gasteiger partial charge in [-0.2, -0.15) is 8.42 Å². The Morgan fingerprint density at radius 2 is 1.52 bits per heavy atom. The highest BCUT2D eigenvalue weighted by Crippen LogP contribution is 2.48. The van der Waals surface area contributed by atoms with Crippen molar-refractivity contribution < 1.29 is 32.0 Å². The molecule has 2 aliphatic heterocycles. The van der Waals surface area contributed by atoms with E-state index in [1.807, 2.05) is 6.92 Å². The Labute approximate surface area is 240 Å². The van der Waals surface area contributed by atoms with Gasteiger partial charge in [-0.1, -0.05) is 54.1 Å². The Kier molecular flexibility index (Phi) is 6.71. The normalized spacial score (nSPS) is 20.1. The van der Waals surface area contributed by atoms with Crippen molar-refractivity contribution in [2.75, 3.05) is 9.96 Å². The smallest absolute Gasteiger partial charge is 0.339 e. The highest BCUT2D eigenvalue weighted by molar-refractivity contribution is 7.87. The monoisotopic (exact) mass is 585 g/mol. The van der Waals surface area contributed by atoms with E-state index in [-0.39, 0.29) is 22.0 Å². The molecule has 4 aromatic carbocycles. The third kappa shape index (κ3) is 4.76. The molecule has 3 atom stereocenters. The molecule has 12 heteroatoms. The van der Waals surface area contributed by atoms with Crippen LogP contribution >= 0.6 is 0 Å². The van der Waals surface area contributed by atoms with Gasteiger partial charge in [0.2, 0.25) is 5.91 Å². The molecule has 4 aromatic rings. The summed E-state index contributed by atoms with van der Waals surface area (Å²) in [6.07, 6.45) is -1.18. The van der Waals surface area contributed by atoms with Crippen LogP contribution < -0.4 is 14.1 Å². The molecule has 6 rings (SSSR count). The van der Waals surface area contributed by atoms with Gasteiger partial charge in [0, 0.05) is 12.1 Å². The van der Waals surface area contributed by atoms with Crippen molar-refractivity contribution in [2.24, 2.45) is 5.92 Å². The first-order chi connectivity index (χ1) is 20.1. The van der Waals surface area contributed by atoms with Crippen LogP contribution in [0.5, 0.6) is 5.75 Å². The summed E-state index contributed by atoms with van der Waals surface area (Å²) in [5.41, 5.74) is 1.95. The van der Waals surface area contributed by atoms with Gasteiger partial charge in [0.05, 0.1) is 22.3 Å². The first-order valence-electron chi connectivity index (χ1n) is 12.9. The van der Waals surface area contributed by atoms with E-state index in [9.17, 15) is 28.1 Å². The van der Waals surface area contributed by atoms with Crippen molar-refractivity contribution in [3.8, 4) is 5.75 Å². The average molecular weight is 586 g/mol. The van der Waals surface area contributed by atoms with Gasteiger partial charge < -0.3 is 4.18 Å². The number of nitrogens with zero attached hydrogens (tertiary/aromatic N) is 3. The number of rotatable bonds is 7. The van der Waals surface area contributed by atoms with E-state index in [0.29, 0.717) is 11.3 Å². The minimum atomic E-state index is -4.09. The lowest BCUT2D eigenvalue weighted by molar-refractivity contribution is -0.384. The summed E-state index contributed by atoms with van der Waals surface area (Å²) >= 11 is 0. The molecule has 2 saturated heterocycles. The number of amides is 2. The summed E-state index contributed by atoms with van der Waals surface area (Å²) in [7, 11) is -4.09. The van der Waals surface area contributed by atoms with E-state index in [1.54, 1.807) is 60.7 Å². The van der Waals surface area contributed by atoms with E-state index in [2.05, 4.69) is 0 Å². The molecule has 212 valence electrons. The van der Waals surface area contributed by atoms with E-state index >= 15 is 0 Å². The summed E-state index contributed by atoms with van der Waals surface area (Å²) in [6.45, 7) is 1.89. The van der Waals surface area contributed by atoms with Gasteiger partial charge in [0.1, 0.15) is 16.6 Å². The maximum Gasteiger partial charge on any atom is 0.339 e. The lowest BCUT2D eigenvalue weighted by Gasteiger charge is -2.28. The molecule has 0 radical (unpaired) electrons. The number of aryl methyl sites for hydroxylation is 1. The molecule has 0 spiro atoms. The number of fused-ring (bicyclic) bond motifs is 1. The van der Waals surface area contributed by atoms with Crippen LogP contribution in [0.25, 0.3) is 0 Å². The number of benzene rings is 4. The zero-order valence-electron chi connectivity index (χ0n) is 22.1. The number of carbonyl (C=O) groups is 2. The SMILES string of the molecule is Cc1ccc(N2C(=O)[C@H]3[C@@H](c4ccc(OS(=O)(=O)c5ccccc5)cc4)N(c4cccc([N+](=O)[O-])c4)O[C@H]3C2=O)cc1. The Hall–Kier alpha value is -5.07. The first-order valence-corrected chi connectivity index (χ1v) is 14.3. The second kappa shape index (κ2) is 10.4. The highest BCUT2D eigenvalue weighted by atomic mass is 32.2. The fraction of sp³-hybridized carbons (Fsp3) is 0.133. The predicted molar refractivity (Wildman–Crippen MR) is 151 cm³/mol. The Balaban J connectivity index is 1.37. The van der Waals surface area contributed by atoms with Crippen LogP contribution in [0.15, 0.2) is 108 Å². The maximum absolute atomic E-state index is 13.8. The van der Waals surface area contributed by atoms with Crippen LogP contribution in [0.1, 0.15) is 17.2 Å². The second-order valence-electron chi connectivity index (χ2n) is 9.87. The highest BCUT2D eigenvalue weighted by Gasteiger charge is 2.60. The van der Waals surface area contributed by atoms with Crippen LogP contribution in [-0.2, 0) is 24.5 Å². The fourth-order valence-electron chi connectivity index (χ4n) is 5.15. The Morgan fingerprint density at radius 3 is 2.19 bits per heavy atom. The fourth-order valence-corrected chi connectivity index (χ4v) is 6.10. The standard InChI is InChI=1S/C30H23N3O8S/c1-19-10-14-21(15-11-19)31-29(34)26-27(32(40-28(26)30(31)35)22-6-5-7-23(18-22)33(36)37)20-12-16-24(17-13-20)41-42(38,39)25-8-3-2-4-9-25/h2-18,26-28H,1H3/t26-,27+,28+/m0/s1. The number of non-ortho nitro benzene ring substituents is 1. The molecule has 2 heterocycles. The second-order valence-corrected chi connectivity index (χ2v) is 11.4. The summed E-state index contributed by atoms with van der Waals surface area (Å²) < 4.78 is 30.7. The molecule has 0 bridgehead atoms. The lowest BCUT2D eigenvalue weighted by Crippen LogP contribution is -2.37. The van der Waals surface area contributed by atoms with E-state index in [0.717, 1.165) is 10.5 Å². The van der Waals surface area contributed by atoms with E-state index < -0.39 is 44.9 Å². The molecule has 11 nitrogen and oxygen atoms in total. The summed E-state index contributed by atoms with van der Waals surface area (Å²) in [6, 6.07) is 25.5. The van der Waals surface area contributed by atoms with Gasteiger partial charge in [-0.15, -0.1) is 0 Å². The quantitative estimate of drug-likeness (QED) is 0.131. The summed E-state index contributed by atoms with van der Waals surface area (Å²) in [5, 5.41) is 12.8. The van der Waals surface area contributed by atoms with Crippen LogP contribution in [-0.4, -0.2) is 31.3 Å². The maximum atomic E-state index is 13.8. The van der Waals surface area contributed by atoms with Crippen molar-refractivity contribution in [1.29, 1.82) is 0 Å². The van der Waals surface area contributed by atoms with E-state index in [1.165, 1.54) is 47.5 Å². The summed E-state index contributed by atoms with van der Waals surface area (Å²) in [4.78, 5) is 45.4. The Morgan fingerprint density at radius 1 is 0.833 bits per heavy atom. The number of nitro groups is 1. The Bertz CT molecular complexity index is 1790. The molecular formula is C30H23N3O8S. The van der Waals surface area contributed by atoms with Crippen molar-refractivity contribution >= 4 is 39.0 Å². The number of carbonyl (C=O) groups excluding carboxylic acids is 2. The largest absolute Gasteiger partial charge is 0.379 e. The number of imide groups is 1. The number of hydrogen-bond acceptors (Lipinski definition) is 9. The number of hydroxylamine groups is 1. The average Bonchev–Trinajstić information content (AvgIpc) is 3.50.